The van der Waals surface area contributed by atoms with Crippen LogP contribution < -0.4 is 0 Å². The zero-order valence-corrected chi connectivity index (χ0v) is 62.9. The van der Waals surface area contributed by atoms with E-state index in [1.165, 1.54) is 51.4 Å². The highest BCUT2D eigenvalue weighted by atomic mass is 16.6. The van der Waals surface area contributed by atoms with Crippen molar-refractivity contribution in [2.45, 2.75) is 402 Å². The van der Waals surface area contributed by atoms with Gasteiger partial charge in [-0.1, -0.05) is 90.0 Å². The Hall–Kier alpha value is -3.18. The number of hydrogen-bond acceptors (Lipinski definition) is 12. The fourth-order valence-corrected chi connectivity index (χ4v) is 9.57. The molecule has 4 aliphatic carbocycles. The van der Waals surface area contributed by atoms with Gasteiger partial charge in [0.25, 0.3) is 0 Å². The van der Waals surface area contributed by atoms with Crippen molar-refractivity contribution in [3.8, 4) is 0 Å². The van der Waals surface area contributed by atoms with Crippen molar-refractivity contribution in [2.75, 3.05) is 0 Å². The van der Waals surface area contributed by atoms with Crippen LogP contribution in [0.2, 0.25) is 0 Å². The first kappa shape index (κ1) is 85.9. The number of carbonyl (C=O) groups is 6. The van der Waals surface area contributed by atoms with Crippen LogP contribution in [0.1, 0.15) is 369 Å². The van der Waals surface area contributed by atoms with Crippen molar-refractivity contribution >= 4 is 35.8 Å². The molecule has 4 saturated carbocycles. The van der Waals surface area contributed by atoms with Gasteiger partial charge < -0.3 is 28.4 Å². The van der Waals surface area contributed by atoms with Crippen LogP contribution in [0.4, 0.5) is 0 Å². The Morgan fingerprint density at radius 2 is 0.632 bits per heavy atom. The summed E-state index contributed by atoms with van der Waals surface area (Å²) in [6.45, 7) is 62.1. The van der Waals surface area contributed by atoms with Crippen molar-refractivity contribution in [3.05, 3.63) is 0 Å². The summed E-state index contributed by atoms with van der Waals surface area (Å²) in [5.74, 6) is 0.103. The first-order valence-corrected chi connectivity index (χ1v) is 34.7. The lowest BCUT2D eigenvalue weighted by Crippen LogP contribution is -2.47. The predicted molar refractivity (Wildman–Crippen MR) is 360 cm³/mol. The Labute approximate surface area is 536 Å². The third-order valence-corrected chi connectivity index (χ3v) is 20.6. The molecular formula is C75H142O12. The van der Waals surface area contributed by atoms with Gasteiger partial charge in [0.2, 0.25) is 0 Å². The minimum Gasteiger partial charge on any atom is -0.460 e. The number of hydrogen-bond donors (Lipinski definition) is 0. The van der Waals surface area contributed by atoms with Gasteiger partial charge in [-0.15, -0.1) is 0 Å². The lowest BCUT2D eigenvalue weighted by Gasteiger charge is -2.42. The van der Waals surface area contributed by atoms with Crippen LogP contribution in [0.3, 0.4) is 0 Å². The summed E-state index contributed by atoms with van der Waals surface area (Å²) < 4.78 is 33.9. The van der Waals surface area contributed by atoms with Gasteiger partial charge in [-0.2, -0.15) is 0 Å². The summed E-state index contributed by atoms with van der Waals surface area (Å²) in [7, 11) is 0. The zero-order chi connectivity index (χ0) is 68.8. The lowest BCUT2D eigenvalue weighted by atomic mass is 9.74. The van der Waals surface area contributed by atoms with Gasteiger partial charge in [0.15, 0.2) is 0 Å². The molecular weight excluding hydrogens is 1090 g/mol. The second-order valence-electron chi connectivity index (χ2n) is 33.3. The third-order valence-electron chi connectivity index (χ3n) is 20.6. The highest BCUT2D eigenvalue weighted by molar-refractivity contribution is 5.78. The number of ether oxygens (including phenoxy) is 6. The van der Waals surface area contributed by atoms with Crippen LogP contribution in [-0.2, 0) is 57.2 Å². The molecule has 0 bridgehead atoms. The van der Waals surface area contributed by atoms with Gasteiger partial charge in [0, 0.05) is 5.41 Å². The summed E-state index contributed by atoms with van der Waals surface area (Å²) in [4.78, 5) is 71.4. The molecule has 12 nitrogen and oxygen atoms in total. The Bertz CT molecular complexity index is 2060. The third kappa shape index (κ3) is 28.5. The molecule has 0 spiro atoms. The van der Waals surface area contributed by atoms with Crippen LogP contribution in [-0.4, -0.2) is 69.4 Å². The molecule has 0 aromatic rings. The molecule has 0 saturated heterocycles. The Morgan fingerprint density at radius 3 is 0.943 bits per heavy atom. The Kier molecular flexibility index (Phi) is 34.6. The summed E-state index contributed by atoms with van der Waals surface area (Å²) in [5.41, 5.74) is -3.47. The van der Waals surface area contributed by atoms with Gasteiger partial charge in [-0.05, 0) is 285 Å². The monoisotopic (exact) mass is 1240 g/mol. The van der Waals surface area contributed by atoms with Crippen LogP contribution in [0.25, 0.3) is 0 Å². The molecule has 0 aromatic heterocycles. The molecule has 0 N–H and O–H groups in total. The smallest absolute Gasteiger partial charge is 0.312 e. The molecule has 514 valence electrons. The lowest BCUT2D eigenvalue weighted by molar-refractivity contribution is -0.183. The Balaban J connectivity index is 0. The van der Waals surface area contributed by atoms with E-state index in [0.29, 0.717) is 5.92 Å². The summed E-state index contributed by atoms with van der Waals surface area (Å²) in [6, 6.07) is 0. The topological polar surface area (TPSA) is 158 Å². The number of carbonyl (C=O) groups excluding carboxylic acids is 6. The minimum absolute atomic E-state index is 0.0197. The van der Waals surface area contributed by atoms with Crippen molar-refractivity contribution in [3.63, 3.8) is 0 Å². The molecule has 4 fully saturated rings. The molecule has 4 rings (SSSR count). The summed E-state index contributed by atoms with van der Waals surface area (Å²) in [5, 5.41) is 0. The molecule has 87 heavy (non-hydrogen) atoms. The SMILES string of the molecule is CCC(C)(C)C(=O)OC(C)(C)C.CCC(C)(C)C(=O)OC1(C(C)(C)C)CCCC1.CCC(C)(C)C(=O)OC1(C(C)C)CCCC1.CCC(C)(C)C(=O)OC1(C)CCCC1.CCC(C)(C)OC(=O)C(C)(C)CC.CCC1(OC(=O)C(C)(C)CC)CCCC1. The van der Waals surface area contributed by atoms with Crippen LogP contribution >= 0.6 is 0 Å². The molecule has 4 aliphatic rings. The van der Waals surface area contributed by atoms with Crippen LogP contribution in [0, 0.1) is 43.8 Å². The van der Waals surface area contributed by atoms with Gasteiger partial charge in [0.1, 0.15) is 33.6 Å². The van der Waals surface area contributed by atoms with Gasteiger partial charge in [0.05, 0.1) is 32.5 Å². The van der Waals surface area contributed by atoms with E-state index >= 15 is 0 Å². The minimum atomic E-state index is -0.372. The van der Waals surface area contributed by atoms with E-state index in [2.05, 4.69) is 48.5 Å². The molecule has 0 aromatic carbocycles. The second-order valence-corrected chi connectivity index (χ2v) is 33.3. The molecule has 0 aliphatic heterocycles. The van der Waals surface area contributed by atoms with Gasteiger partial charge >= 0.3 is 35.8 Å². The second kappa shape index (κ2) is 35.0. The quantitative estimate of drug-likeness (QED) is 0.0840. The first-order valence-electron chi connectivity index (χ1n) is 34.7. The molecule has 0 heterocycles. The summed E-state index contributed by atoms with van der Waals surface area (Å²) in [6.07, 6.45) is 24.5. The van der Waals surface area contributed by atoms with E-state index in [9.17, 15) is 28.8 Å². The fraction of sp³-hybridized carbons (Fsp3) is 0.920. The normalized spacial score (nSPS) is 18.2. The van der Waals surface area contributed by atoms with Crippen molar-refractivity contribution in [1.82, 2.24) is 0 Å². The fourth-order valence-electron chi connectivity index (χ4n) is 9.57. The van der Waals surface area contributed by atoms with E-state index in [1.54, 1.807) is 0 Å². The van der Waals surface area contributed by atoms with E-state index in [0.717, 1.165) is 103 Å². The largest absolute Gasteiger partial charge is 0.460 e. The maximum atomic E-state index is 12.3. The zero-order valence-electron chi connectivity index (χ0n) is 62.9. The maximum absolute atomic E-state index is 12.3. The number of esters is 6. The molecule has 0 radical (unpaired) electrons. The van der Waals surface area contributed by atoms with E-state index in [-0.39, 0.29) is 107 Å². The van der Waals surface area contributed by atoms with Crippen molar-refractivity contribution in [1.29, 1.82) is 0 Å². The highest BCUT2D eigenvalue weighted by Crippen LogP contribution is 2.48. The molecule has 0 atom stereocenters. The highest BCUT2D eigenvalue weighted by Gasteiger charge is 2.49. The van der Waals surface area contributed by atoms with Gasteiger partial charge in [-0.3, -0.25) is 28.8 Å². The van der Waals surface area contributed by atoms with Crippen LogP contribution in [0.15, 0.2) is 0 Å². The standard InChI is InChI=1S/C15H28O2.C14H26O2.C13H24O2.C12H22O2.C11H22O2.C10H20O2/c1-7-14(5,6)12(16)17-15(13(2,3)4)10-8-9-11-15;1-6-13(4,5)12(15)16-14(11(2)3)9-7-8-10-14;1-5-12(3,4)11(14)15-13(6-2)9-7-8-10-13;1-5-11(2,3)10(13)14-12(4)8-6-7-9-12;1-7-10(3,4)9(12)13-11(5,6)8-2;1-7-10(5,6)8(11)12-9(2,3)4/h7-11H2,1-6H3;11H,6-10H2,1-5H3;5-10H2,1-4H3;5-9H2,1-4H3;7-8H2,1-6H3;7H2,1-6H3. The van der Waals surface area contributed by atoms with E-state index in [4.69, 9.17) is 28.4 Å². The van der Waals surface area contributed by atoms with Gasteiger partial charge in [-0.25, -0.2) is 0 Å². The van der Waals surface area contributed by atoms with Crippen molar-refractivity contribution < 1.29 is 57.2 Å². The Morgan fingerprint density at radius 1 is 0.345 bits per heavy atom. The maximum Gasteiger partial charge on any atom is 0.312 e. The molecule has 12 heteroatoms. The average Bonchev–Trinajstić information content (AvgIpc) is 2.01. The summed E-state index contributed by atoms with van der Waals surface area (Å²) >= 11 is 0. The predicted octanol–water partition coefficient (Wildman–Crippen LogP) is 21.2. The van der Waals surface area contributed by atoms with Crippen LogP contribution in [0.5, 0.6) is 0 Å². The number of rotatable bonds is 20. The van der Waals surface area contributed by atoms with E-state index in [1.807, 2.05) is 166 Å². The molecule has 0 amide bonds. The average molecular weight is 1240 g/mol. The molecule has 0 unspecified atom stereocenters. The van der Waals surface area contributed by atoms with Crippen molar-refractivity contribution in [2.24, 2.45) is 43.8 Å². The van der Waals surface area contributed by atoms with E-state index < -0.39 is 0 Å². The first-order chi connectivity index (χ1) is 39.3.